The lowest BCUT2D eigenvalue weighted by molar-refractivity contribution is -0.123. The lowest BCUT2D eigenvalue weighted by Gasteiger charge is -2.30. The molecular weight excluding hydrogens is 368 g/mol. The van der Waals surface area contributed by atoms with Crippen LogP contribution in [-0.2, 0) is 16.1 Å². The molecule has 3 rings (SSSR count). The van der Waals surface area contributed by atoms with Crippen LogP contribution in [0.15, 0.2) is 18.2 Å². The van der Waals surface area contributed by atoms with E-state index in [4.69, 9.17) is 10.5 Å². The van der Waals surface area contributed by atoms with Gasteiger partial charge in [-0.2, -0.15) is 0 Å². The summed E-state index contributed by atoms with van der Waals surface area (Å²) in [5.74, 6) is 0.619. The number of rotatable bonds is 8. The molecule has 0 radical (unpaired) electrons. The van der Waals surface area contributed by atoms with Crippen LogP contribution in [0.5, 0.6) is 5.75 Å². The van der Waals surface area contributed by atoms with Crippen molar-refractivity contribution in [1.29, 1.82) is 0 Å². The van der Waals surface area contributed by atoms with E-state index in [2.05, 4.69) is 15.1 Å². The highest BCUT2D eigenvalue weighted by Crippen LogP contribution is 2.26. The Kier molecular flexibility index (Phi) is 7.89. The highest BCUT2D eigenvalue weighted by atomic mass is 16.5. The molecule has 0 bridgehead atoms. The Morgan fingerprint density at radius 1 is 1.10 bits per heavy atom. The van der Waals surface area contributed by atoms with Crippen molar-refractivity contribution in [2.24, 2.45) is 11.7 Å². The van der Waals surface area contributed by atoms with Gasteiger partial charge in [0.2, 0.25) is 11.8 Å². The molecule has 2 aliphatic rings. The lowest BCUT2D eigenvalue weighted by Crippen LogP contribution is -2.38. The minimum Gasteiger partial charge on any atom is -0.496 e. The average molecular weight is 403 g/mol. The zero-order valence-electron chi connectivity index (χ0n) is 17.5. The van der Waals surface area contributed by atoms with Gasteiger partial charge in [-0.25, -0.2) is 0 Å². The number of carbonyl (C=O) groups is 2. The van der Waals surface area contributed by atoms with E-state index in [0.717, 1.165) is 69.1 Å². The summed E-state index contributed by atoms with van der Waals surface area (Å²) in [4.78, 5) is 28.3. The van der Waals surface area contributed by atoms with Gasteiger partial charge in [0.05, 0.1) is 7.11 Å². The first kappa shape index (κ1) is 21.6. The van der Waals surface area contributed by atoms with Crippen LogP contribution in [0.3, 0.4) is 0 Å². The van der Waals surface area contributed by atoms with Crippen molar-refractivity contribution < 1.29 is 14.3 Å². The summed E-state index contributed by atoms with van der Waals surface area (Å²) in [5, 5.41) is 2.99. The van der Waals surface area contributed by atoms with E-state index >= 15 is 0 Å². The number of primary amides is 1. The second kappa shape index (κ2) is 10.6. The number of hydrogen-bond donors (Lipinski definition) is 2. The van der Waals surface area contributed by atoms with Crippen molar-refractivity contribution >= 4 is 17.5 Å². The summed E-state index contributed by atoms with van der Waals surface area (Å²) in [7, 11) is 1.65. The molecule has 1 aromatic carbocycles. The maximum absolute atomic E-state index is 12.3. The number of piperidine rings is 2. The van der Waals surface area contributed by atoms with Crippen LogP contribution in [0.4, 0.5) is 5.69 Å². The number of benzene rings is 1. The fourth-order valence-electron chi connectivity index (χ4n) is 4.24. The minimum absolute atomic E-state index is 0.00401. The number of nitrogens with two attached hydrogens (primary N) is 1. The third-order valence-corrected chi connectivity index (χ3v) is 6.06. The highest BCUT2D eigenvalue weighted by molar-refractivity contribution is 5.91. The van der Waals surface area contributed by atoms with Gasteiger partial charge in [0.1, 0.15) is 5.75 Å². The molecule has 1 aromatic rings. The summed E-state index contributed by atoms with van der Waals surface area (Å²) in [6, 6.07) is 5.84. The minimum atomic E-state index is -0.192. The van der Waals surface area contributed by atoms with E-state index in [1.54, 1.807) is 7.11 Å². The molecule has 2 heterocycles. The van der Waals surface area contributed by atoms with Crippen LogP contribution in [0.2, 0.25) is 0 Å². The van der Waals surface area contributed by atoms with Gasteiger partial charge in [0, 0.05) is 42.7 Å². The van der Waals surface area contributed by atoms with Crippen LogP contribution in [0.25, 0.3) is 0 Å². The molecular formula is C22H34N4O3. The molecule has 2 amide bonds. The zero-order valence-corrected chi connectivity index (χ0v) is 17.5. The Hall–Kier alpha value is -2.12. The molecule has 0 unspecified atom stereocenters. The van der Waals surface area contributed by atoms with E-state index < -0.39 is 0 Å². The fraction of sp³-hybridized carbons (Fsp3) is 0.636. The van der Waals surface area contributed by atoms with Gasteiger partial charge in [-0.05, 0) is 57.9 Å². The lowest BCUT2D eigenvalue weighted by atomic mass is 9.96. The third-order valence-electron chi connectivity index (χ3n) is 6.06. The number of hydrogen-bond acceptors (Lipinski definition) is 5. The number of methoxy groups -OCH3 is 1. The Morgan fingerprint density at radius 2 is 1.83 bits per heavy atom. The maximum Gasteiger partial charge on any atom is 0.225 e. The number of likely N-dealkylation sites (tertiary alicyclic amines) is 2. The summed E-state index contributed by atoms with van der Waals surface area (Å²) < 4.78 is 5.56. The number of carbonyl (C=O) groups excluding carboxylic acids is 2. The normalized spacial score (nSPS) is 19.1. The number of nitrogens with zero attached hydrogens (tertiary/aromatic N) is 2. The number of anilines is 1. The van der Waals surface area contributed by atoms with Gasteiger partial charge < -0.3 is 20.7 Å². The molecule has 29 heavy (non-hydrogen) atoms. The zero-order chi connectivity index (χ0) is 20.6. The Morgan fingerprint density at radius 3 is 2.48 bits per heavy atom. The largest absolute Gasteiger partial charge is 0.496 e. The first-order chi connectivity index (χ1) is 14.0. The second-order valence-corrected chi connectivity index (χ2v) is 8.18. The predicted molar refractivity (Wildman–Crippen MR) is 114 cm³/mol. The van der Waals surface area contributed by atoms with E-state index in [0.29, 0.717) is 6.42 Å². The monoisotopic (exact) mass is 402 g/mol. The molecule has 0 spiro atoms. The van der Waals surface area contributed by atoms with Gasteiger partial charge in [-0.3, -0.25) is 14.5 Å². The van der Waals surface area contributed by atoms with E-state index in [1.165, 1.54) is 19.3 Å². The summed E-state index contributed by atoms with van der Waals surface area (Å²) >= 11 is 0. The number of amides is 2. The summed E-state index contributed by atoms with van der Waals surface area (Å²) in [6.45, 7) is 5.50. The number of ether oxygens (including phenoxy) is 1. The van der Waals surface area contributed by atoms with Gasteiger partial charge >= 0.3 is 0 Å². The van der Waals surface area contributed by atoms with Crippen molar-refractivity contribution in [3.05, 3.63) is 23.8 Å². The van der Waals surface area contributed by atoms with Crippen LogP contribution in [-0.4, -0.2) is 61.4 Å². The maximum atomic E-state index is 12.3. The first-order valence-corrected chi connectivity index (χ1v) is 10.8. The van der Waals surface area contributed by atoms with E-state index in [1.807, 2.05) is 18.2 Å². The van der Waals surface area contributed by atoms with E-state index in [-0.39, 0.29) is 17.7 Å². The smallest absolute Gasteiger partial charge is 0.225 e. The standard InChI is InChI=1S/C22H34N4O3/c1-29-20-15-19(24-21(27)9-14-25-10-3-2-4-11-25)6-5-18(20)16-26-12-7-17(8-13-26)22(23)28/h5-6,15,17H,2-4,7-14,16H2,1H3,(H2,23,28)(H,24,27). The van der Waals surface area contributed by atoms with Crippen molar-refractivity contribution in [2.45, 2.75) is 45.1 Å². The highest BCUT2D eigenvalue weighted by Gasteiger charge is 2.23. The van der Waals surface area contributed by atoms with Crippen LogP contribution < -0.4 is 15.8 Å². The molecule has 3 N–H and O–H groups in total. The van der Waals surface area contributed by atoms with Crippen molar-refractivity contribution in [3.63, 3.8) is 0 Å². The van der Waals surface area contributed by atoms with Crippen molar-refractivity contribution in [3.8, 4) is 5.75 Å². The Bertz CT molecular complexity index is 695. The quantitative estimate of drug-likeness (QED) is 0.696. The third kappa shape index (κ3) is 6.44. The average Bonchev–Trinajstić information content (AvgIpc) is 2.74. The molecule has 0 saturated carbocycles. The van der Waals surface area contributed by atoms with Crippen molar-refractivity contribution in [1.82, 2.24) is 9.80 Å². The van der Waals surface area contributed by atoms with Gasteiger partial charge in [0.25, 0.3) is 0 Å². The van der Waals surface area contributed by atoms with Crippen LogP contribution >= 0.6 is 0 Å². The van der Waals surface area contributed by atoms with Gasteiger partial charge in [-0.1, -0.05) is 12.5 Å². The Balaban J connectivity index is 1.50. The topological polar surface area (TPSA) is 87.9 Å². The van der Waals surface area contributed by atoms with Crippen LogP contribution in [0, 0.1) is 5.92 Å². The second-order valence-electron chi connectivity index (χ2n) is 8.18. The van der Waals surface area contributed by atoms with Crippen molar-refractivity contribution in [2.75, 3.05) is 45.2 Å². The van der Waals surface area contributed by atoms with Gasteiger partial charge in [-0.15, -0.1) is 0 Å². The molecule has 7 heteroatoms. The first-order valence-electron chi connectivity index (χ1n) is 10.8. The Labute approximate surface area is 173 Å². The fourth-order valence-corrected chi connectivity index (χ4v) is 4.24. The molecule has 2 fully saturated rings. The molecule has 0 aromatic heterocycles. The molecule has 0 atom stereocenters. The molecule has 7 nitrogen and oxygen atoms in total. The van der Waals surface area contributed by atoms with Crippen LogP contribution in [0.1, 0.15) is 44.1 Å². The number of nitrogens with one attached hydrogen (secondary N) is 1. The molecule has 160 valence electrons. The molecule has 2 aliphatic heterocycles. The summed E-state index contributed by atoms with van der Waals surface area (Å²) in [6.07, 6.45) is 5.91. The summed E-state index contributed by atoms with van der Waals surface area (Å²) in [5.41, 5.74) is 7.26. The molecule has 2 saturated heterocycles. The van der Waals surface area contributed by atoms with E-state index in [9.17, 15) is 9.59 Å². The molecule has 0 aliphatic carbocycles. The SMILES string of the molecule is COc1cc(NC(=O)CCN2CCCCC2)ccc1CN1CCC(C(N)=O)CC1. The van der Waals surface area contributed by atoms with Gasteiger partial charge in [0.15, 0.2) is 0 Å². The predicted octanol–water partition coefficient (Wildman–Crippen LogP) is 2.21.